The van der Waals surface area contributed by atoms with Crippen molar-refractivity contribution in [1.29, 1.82) is 0 Å². The van der Waals surface area contributed by atoms with Crippen molar-refractivity contribution < 1.29 is 29.0 Å². The number of cyclic esters (lactones) is 1. The van der Waals surface area contributed by atoms with E-state index in [-0.39, 0.29) is 56.5 Å². The lowest BCUT2D eigenvalue weighted by atomic mass is 9.98. The minimum absolute atomic E-state index is 0.00209. The zero-order valence-corrected chi connectivity index (χ0v) is 17.9. The van der Waals surface area contributed by atoms with Crippen LogP contribution in [0.4, 0.5) is 0 Å². The van der Waals surface area contributed by atoms with Gasteiger partial charge in [0.15, 0.2) is 0 Å². The molecule has 1 aliphatic heterocycles. The van der Waals surface area contributed by atoms with Crippen LogP contribution in [-0.2, 0) is 30.5 Å². The second-order valence-electron chi connectivity index (χ2n) is 7.69. The molecule has 8 heteroatoms. The number of carbonyl (C=O) groups excluding carboxylic acids is 3. The standard InChI is InChI=1S/C23H32N2O6/c1-17(13-26)24-21(27)12-19-10-6-3-7-11-22(28)31-16-20(25-23(19)29)15-30-14-18-8-4-2-5-9-18/h2-6,8-9,17,19-20,26H,7,10-16H2,1H3,(H,24,27)(H,25,29). The number of rotatable bonds is 8. The second-order valence-corrected chi connectivity index (χ2v) is 7.69. The second kappa shape index (κ2) is 13.6. The predicted octanol–water partition coefficient (Wildman–Crippen LogP) is 1.47. The molecule has 31 heavy (non-hydrogen) atoms. The van der Waals surface area contributed by atoms with Crippen LogP contribution in [0, 0.1) is 5.92 Å². The van der Waals surface area contributed by atoms with E-state index in [1.165, 1.54) is 0 Å². The summed E-state index contributed by atoms with van der Waals surface area (Å²) < 4.78 is 11.0. The van der Waals surface area contributed by atoms with Crippen molar-refractivity contribution in [2.45, 2.75) is 51.3 Å². The quantitative estimate of drug-likeness (QED) is 0.424. The van der Waals surface area contributed by atoms with Crippen LogP contribution in [-0.4, -0.2) is 54.8 Å². The summed E-state index contributed by atoms with van der Waals surface area (Å²) in [7, 11) is 0. The molecule has 170 valence electrons. The largest absolute Gasteiger partial charge is 0.463 e. The molecule has 2 amide bonds. The minimum Gasteiger partial charge on any atom is -0.463 e. The van der Waals surface area contributed by atoms with Crippen LogP contribution in [0.3, 0.4) is 0 Å². The van der Waals surface area contributed by atoms with Crippen LogP contribution in [0.1, 0.15) is 38.2 Å². The Morgan fingerprint density at radius 1 is 1.29 bits per heavy atom. The lowest BCUT2D eigenvalue weighted by Gasteiger charge is -2.23. The molecular formula is C23H32N2O6. The molecular weight excluding hydrogens is 400 g/mol. The highest BCUT2D eigenvalue weighted by Gasteiger charge is 2.25. The smallest absolute Gasteiger partial charge is 0.306 e. The third-order valence-electron chi connectivity index (χ3n) is 4.81. The van der Waals surface area contributed by atoms with E-state index >= 15 is 0 Å². The Morgan fingerprint density at radius 3 is 2.81 bits per heavy atom. The molecule has 0 aliphatic carbocycles. The van der Waals surface area contributed by atoms with Crippen molar-refractivity contribution in [2.24, 2.45) is 5.92 Å². The molecule has 0 spiro atoms. The van der Waals surface area contributed by atoms with Crippen LogP contribution >= 0.6 is 0 Å². The van der Waals surface area contributed by atoms with Crippen LogP contribution in [0.15, 0.2) is 42.5 Å². The number of amides is 2. The van der Waals surface area contributed by atoms with Crippen LogP contribution in [0.2, 0.25) is 0 Å². The summed E-state index contributed by atoms with van der Waals surface area (Å²) in [6, 6.07) is 8.73. The Bertz CT molecular complexity index is 737. The van der Waals surface area contributed by atoms with E-state index in [1.54, 1.807) is 6.92 Å². The lowest BCUT2D eigenvalue weighted by molar-refractivity contribution is -0.145. The molecule has 3 atom stereocenters. The predicted molar refractivity (Wildman–Crippen MR) is 115 cm³/mol. The Balaban J connectivity index is 2.00. The van der Waals surface area contributed by atoms with Gasteiger partial charge in [0.25, 0.3) is 0 Å². The third-order valence-corrected chi connectivity index (χ3v) is 4.81. The summed E-state index contributed by atoms with van der Waals surface area (Å²) >= 11 is 0. The van der Waals surface area contributed by atoms with Gasteiger partial charge < -0.3 is 25.2 Å². The molecule has 1 heterocycles. The number of carbonyl (C=O) groups is 3. The number of benzene rings is 1. The van der Waals surface area contributed by atoms with Gasteiger partial charge >= 0.3 is 5.97 Å². The van der Waals surface area contributed by atoms with Gasteiger partial charge in [0, 0.05) is 18.9 Å². The first-order valence-corrected chi connectivity index (χ1v) is 10.6. The SMILES string of the molecule is CC(CO)NC(=O)CC1CC=CCCC(=O)OCC(COCc2ccccc2)NC1=O. The fourth-order valence-corrected chi connectivity index (χ4v) is 3.08. The molecule has 1 aromatic rings. The molecule has 1 aliphatic rings. The highest BCUT2D eigenvalue weighted by atomic mass is 16.5. The molecule has 2 rings (SSSR count). The summed E-state index contributed by atoms with van der Waals surface area (Å²) in [6.07, 6.45) is 4.76. The Morgan fingerprint density at radius 2 is 2.06 bits per heavy atom. The van der Waals surface area contributed by atoms with Gasteiger partial charge in [0.2, 0.25) is 11.8 Å². The maximum absolute atomic E-state index is 12.9. The first-order valence-electron chi connectivity index (χ1n) is 10.6. The molecule has 0 aromatic heterocycles. The molecule has 0 saturated carbocycles. The lowest BCUT2D eigenvalue weighted by Crippen LogP contribution is -2.46. The van der Waals surface area contributed by atoms with Crippen molar-refractivity contribution in [3.63, 3.8) is 0 Å². The number of aliphatic hydroxyl groups is 1. The Hall–Kier alpha value is -2.71. The van der Waals surface area contributed by atoms with E-state index in [0.717, 1.165) is 5.56 Å². The number of hydrogen-bond donors (Lipinski definition) is 3. The monoisotopic (exact) mass is 432 g/mol. The van der Waals surface area contributed by atoms with Crippen molar-refractivity contribution in [3.8, 4) is 0 Å². The van der Waals surface area contributed by atoms with Gasteiger partial charge in [-0.05, 0) is 25.3 Å². The first-order chi connectivity index (χ1) is 15.0. The van der Waals surface area contributed by atoms with E-state index in [4.69, 9.17) is 14.6 Å². The Labute approximate surface area is 183 Å². The van der Waals surface area contributed by atoms with Gasteiger partial charge in [-0.3, -0.25) is 14.4 Å². The number of allylic oxidation sites excluding steroid dienone is 2. The number of aliphatic hydroxyl groups excluding tert-OH is 1. The highest BCUT2D eigenvalue weighted by molar-refractivity contribution is 5.86. The summed E-state index contributed by atoms with van der Waals surface area (Å²) in [4.78, 5) is 37.0. The molecule has 0 fully saturated rings. The Kier molecular flexibility index (Phi) is 10.7. The molecule has 0 bridgehead atoms. The number of ether oxygens (including phenoxy) is 2. The average Bonchev–Trinajstić information content (AvgIpc) is 2.76. The topological polar surface area (TPSA) is 114 Å². The molecule has 8 nitrogen and oxygen atoms in total. The molecule has 0 radical (unpaired) electrons. The molecule has 1 aromatic carbocycles. The summed E-state index contributed by atoms with van der Waals surface area (Å²) in [5.41, 5.74) is 0.997. The maximum atomic E-state index is 12.9. The van der Waals surface area contributed by atoms with Gasteiger partial charge in [-0.2, -0.15) is 0 Å². The fraction of sp³-hybridized carbons (Fsp3) is 0.522. The van der Waals surface area contributed by atoms with E-state index in [9.17, 15) is 14.4 Å². The molecule has 3 N–H and O–H groups in total. The van der Waals surface area contributed by atoms with Crippen molar-refractivity contribution in [1.82, 2.24) is 10.6 Å². The van der Waals surface area contributed by atoms with Gasteiger partial charge in [0.1, 0.15) is 6.61 Å². The number of hydrogen-bond acceptors (Lipinski definition) is 6. The maximum Gasteiger partial charge on any atom is 0.306 e. The third kappa shape index (κ3) is 9.76. The first kappa shape index (κ1) is 24.6. The zero-order valence-electron chi connectivity index (χ0n) is 17.9. The van der Waals surface area contributed by atoms with E-state index < -0.39 is 12.0 Å². The highest BCUT2D eigenvalue weighted by Crippen LogP contribution is 2.13. The normalized spacial score (nSPS) is 21.2. The van der Waals surface area contributed by atoms with Crippen molar-refractivity contribution >= 4 is 17.8 Å². The fourth-order valence-electron chi connectivity index (χ4n) is 3.08. The molecule has 0 saturated heterocycles. The number of esters is 1. The summed E-state index contributed by atoms with van der Waals surface area (Å²) in [6.45, 7) is 2.06. The van der Waals surface area contributed by atoms with Crippen LogP contribution < -0.4 is 10.6 Å². The van der Waals surface area contributed by atoms with Gasteiger partial charge in [-0.25, -0.2) is 0 Å². The van der Waals surface area contributed by atoms with Gasteiger partial charge in [-0.15, -0.1) is 0 Å². The van der Waals surface area contributed by atoms with Crippen molar-refractivity contribution in [3.05, 3.63) is 48.0 Å². The van der Waals surface area contributed by atoms with Crippen molar-refractivity contribution in [2.75, 3.05) is 19.8 Å². The number of nitrogens with one attached hydrogen (secondary N) is 2. The van der Waals surface area contributed by atoms with Crippen LogP contribution in [0.5, 0.6) is 0 Å². The zero-order chi connectivity index (χ0) is 22.5. The molecule has 3 unspecified atom stereocenters. The van der Waals surface area contributed by atoms with E-state index in [0.29, 0.717) is 19.4 Å². The van der Waals surface area contributed by atoms with Gasteiger partial charge in [-0.1, -0.05) is 42.5 Å². The summed E-state index contributed by atoms with van der Waals surface area (Å²) in [5, 5.41) is 14.6. The van der Waals surface area contributed by atoms with Crippen LogP contribution in [0.25, 0.3) is 0 Å². The van der Waals surface area contributed by atoms with Gasteiger partial charge in [0.05, 0.1) is 31.8 Å². The minimum atomic E-state index is -0.575. The van der Waals surface area contributed by atoms with E-state index in [2.05, 4.69) is 10.6 Å². The van der Waals surface area contributed by atoms with E-state index in [1.807, 2.05) is 42.5 Å². The average molecular weight is 433 g/mol. The summed E-state index contributed by atoms with van der Waals surface area (Å²) in [5.74, 6) is -1.51.